The molecule has 82 valence electrons. The molecule has 1 unspecified atom stereocenters. The summed E-state index contributed by atoms with van der Waals surface area (Å²) in [6.07, 6.45) is 2.57. The van der Waals surface area contributed by atoms with Crippen molar-refractivity contribution in [1.82, 2.24) is 4.90 Å². The average Bonchev–Trinajstić information content (AvgIpc) is 2.54. The Hall–Kier alpha value is -1.69. The van der Waals surface area contributed by atoms with Gasteiger partial charge < -0.3 is 10.5 Å². The Bertz CT molecular complexity index is 306. The molecule has 1 aliphatic rings. The fourth-order valence-corrected chi connectivity index (χ4v) is 1.19. The molecule has 15 heavy (non-hydrogen) atoms. The third kappa shape index (κ3) is 2.63. The summed E-state index contributed by atoms with van der Waals surface area (Å²) in [6, 6.07) is -0.809. The molecule has 0 aromatic carbocycles. The van der Waals surface area contributed by atoms with Gasteiger partial charge in [0.1, 0.15) is 6.04 Å². The van der Waals surface area contributed by atoms with E-state index in [9.17, 15) is 14.4 Å². The predicted molar refractivity (Wildman–Crippen MR) is 50.5 cm³/mol. The van der Waals surface area contributed by atoms with Gasteiger partial charge in [0.25, 0.3) is 11.8 Å². The molecule has 1 heterocycles. The highest BCUT2D eigenvalue weighted by molar-refractivity contribution is 6.12. The van der Waals surface area contributed by atoms with Crippen LogP contribution in [0.15, 0.2) is 12.2 Å². The zero-order chi connectivity index (χ0) is 11.4. The van der Waals surface area contributed by atoms with Crippen LogP contribution in [0, 0.1) is 0 Å². The van der Waals surface area contributed by atoms with E-state index in [1.54, 1.807) is 0 Å². The van der Waals surface area contributed by atoms with Gasteiger partial charge in [0.2, 0.25) is 0 Å². The lowest BCUT2D eigenvalue weighted by Gasteiger charge is -2.15. The Balaban J connectivity index is 2.41. The molecule has 0 aromatic heterocycles. The van der Waals surface area contributed by atoms with Crippen molar-refractivity contribution < 1.29 is 19.1 Å². The molecule has 0 aromatic rings. The van der Waals surface area contributed by atoms with Gasteiger partial charge in [0, 0.05) is 18.7 Å². The van der Waals surface area contributed by atoms with Crippen molar-refractivity contribution in [2.75, 3.05) is 13.7 Å². The first-order valence-electron chi connectivity index (χ1n) is 4.43. The van der Waals surface area contributed by atoms with Gasteiger partial charge in [-0.1, -0.05) is 0 Å². The van der Waals surface area contributed by atoms with Crippen LogP contribution in [-0.2, 0) is 19.1 Å². The van der Waals surface area contributed by atoms with E-state index in [0.717, 1.165) is 4.90 Å². The van der Waals surface area contributed by atoms with E-state index < -0.39 is 12.0 Å². The topological polar surface area (TPSA) is 89.7 Å². The average molecular weight is 212 g/mol. The van der Waals surface area contributed by atoms with Gasteiger partial charge in [0.05, 0.1) is 7.11 Å². The summed E-state index contributed by atoms with van der Waals surface area (Å²) >= 11 is 0. The van der Waals surface area contributed by atoms with Crippen LogP contribution in [0.25, 0.3) is 0 Å². The highest BCUT2D eigenvalue weighted by Gasteiger charge is 2.24. The van der Waals surface area contributed by atoms with Gasteiger partial charge >= 0.3 is 5.97 Å². The lowest BCUT2D eigenvalue weighted by Crippen LogP contribution is -2.38. The van der Waals surface area contributed by atoms with Crippen LogP contribution in [0.1, 0.15) is 6.42 Å². The number of carbonyl (C=O) groups excluding carboxylic acids is 3. The number of amides is 2. The summed E-state index contributed by atoms with van der Waals surface area (Å²) in [7, 11) is 1.23. The number of esters is 1. The van der Waals surface area contributed by atoms with E-state index in [-0.39, 0.29) is 24.8 Å². The number of nitrogens with two attached hydrogens (primary N) is 1. The minimum absolute atomic E-state index is 0.126. The van der Waals surface area contributed by atoms with Crippen LogP contribution in [0.3, 0.4) is 0 Å². The molecule has 0 fully saturated rings. The third-order valence-electron chi connectivity index (χ3n) is 2.07. The van der Waals surface area contributed by atoms with Gasteiger partial charge in [-0.2, -0.15) is 0 Å². The molecule has 0 saturated heterocycles. The number of ether oxygens (including phenoxy) is 1. The zero-order valence-electron chi connectivity index (χ0n) is 8.30. The first-order chi connectivity index (χ1) is 7.06. The largest absolute Gasteiger partial charge is 0.468 e. The molecule has 1 rings (SSSR count). The smallest absolute Gasteiger partial charge is 0.322 e. The van der Waals surface area contributed by atoms with Crippen LogP contribution < -0.4 is 5.73 Å². The Morgan fingerprint density at radius 2 is 2.00 bits per heavy atom. The minimum atomic E-state index is -0.809. The van der Waals surface area contributed by atoms with Gasteiger partial charge in [-0.25, -0.2) is 0 Å². The van der Waals surface area contributed by atoms with E-state index in [4.69, 9.17) is 5.73 Å². The molecule has 0 spiro atoms. The van der Waals surface area contributed by atoms with Crippen LogP contribution in [0.2, 0.25) is 0 Å². The van der Waals surface area contributed by atoms with Crippen molar-refractivity contribution in [3.05, 3.63) is 12.2 Å². The van der Waals surface area contributed by atoms with Crippen LogP contribution in [0.4, 0.5) is 0 Å². The number of rotatable bonds is 4. The number of methoxy groups -OCH3 is 1. The lowest BCUT2D eigenvalue weighted by molar-refractivity contribution is -0.144. The summed E-state index contributed by atoms with van der Waals surface area (Å²) in [5.74, 6) is -1.31. The van der Waals surface area contributed by atoms with Crippen molar-refractivity contribution >= 4 is 17.8 Å². The SMILES string of the molecule is COC(=O)C(N)CCN1C(=O)C=CC1=O. The molecule has 0 aliphatic carbocycles. The molecular formula is C9H12N2O4. The number of nitrogens with zero attached hydrogens (tertiary/aromatic N) is 1. The molecule has 2 amide bonds. The predicted octanol–water partition coefficient (Wildman–Crippen LogP) is -1.20. The Labute approximate surface area is 86.7 Å². The molecule has 6 heteroatoms. The molecule has 6 nitrogen and oxygen atoms in total. The van der Waals surface area contributed by atoms with Crippen molar-refractivity contribution in [3.63, 3.8) is 0 Å². The maximum atomic E-state index is 11.1. The van der Waals surface area contributed by atoms with Crippen molar-refractivity contribution in [2.45, 2.75) is 12.5 Å². The zero-order valence-corrected chi connectivity index (χ0v) is 8.30. The molecule has 0 radical (unpaired) electrons. The van der Waals surface area contributed by atoms with Gasteiger partial charge in [-0.3, -0.25) is 19.3 Å². The number of carbonyl (C=O) groups is 3. The Morgan fingerprint density at radius 3 is 2.47 bits per heavy atom. The Kier molecular flexibility index (Phi) is 3.56. The second kappa shape index (κ2) is 4.70. The summed E-state index contributed by atoms with van der Waals surface area (Å²) in [4.78, 5) is 34.2. The summed E-state index contributed by atoms with van der Waals surface area (Å²) in [5, 5.41) is 0. The molecule has 2 N–H and O–H groups in total. The summed E-state index contributed by atoms with van der Waals surface area (Å²) in [6.45, 7) is 0.126. The summed E-state index contributed by atoms with van der Waals surface area (Å²) < 4.78 is 4.41. The number of hydrogen-bond acceptors (Lipinski definition) is 5. The second-order valence-corrected chi connectivity index (χ2v) is 3.08. The van der Waals surface area contributed by atoms with Crippen LogP contribution in [0.5, 0.6) is 0 Å². The lowest BCUT2D eigenvalue weighted by atomic mass is 10.2. The van der Waals surface area contributed by atoms with E-state index in [1.165, 1.54) is 19.3 Å². The highest BCUT2D eigenvalue weighted by Crippen LogP contribution is 2.05. The summed E-state index contributed by atoms with van der Waals surface area (Å²) in [5.41, 5.74) is 5.45. The quantitative estimate of drug-likeness (QED) is 0.467. The highest BCUT2D eigenvalue weighted by atomic mass is 16.5. The van der Waals surface area contributed by atoms with E-state index in [1.807, 2.05) is 0 Å². The Morgan fingerprint density at radius 1 is 1.47 bits per heavy atom. The van der Waals surface area contributed by atoms with Crippen LogP contribution >= 0.6 is 0 Å². The standard InChI is InChI=1S/C9H12N2O4/c1-15-9(14)6(10)4-5-11-7(12)2-3-8(11)13/h2-3,6H,4-5,10H2,1H3. The fourth-order valence-electron chi connectivity index (χ4n) is 1.19. The monoisotopic (exact) mass is 212 g/mol. The first kappa shape index (κ1) is 11.4. The normalized spacial score (nSPS) is 17.1. The second-order valence-electron chi connectivity index (χ2n) is 3.08. The van der Waals surface area contributed by atoms with Crippen molar-refractivity contribution in [3.8, 4) is 0 Å². The molecule has 0 bridgehead atoms. The van der Waals surface area contributed by atoms with Gasteiger partial charge in [-0.05, 0) is 6.42 Å². The fraction of sp³-hybridized carbons (Fsp3) is 0.444. The number of imide groups is 1. The van der Waals surface area contributed by atoms with Gasteiger partial charge in [-0.15, -0.1) is 0 Å². The minimum Gasteiger partial charge on any atom is -0.468 e. The van der Waals surface area contributed by atoms with Crippen molar-refractivity contribution in [2.24, 2.45) is 5.73 Å². The molecule has 1 aliphatic heterocycles. The third-order valence-corrected chi connectivity index (χ3v) is 2.07. The maximum Gasteiger partial charge on any atom is 0.322 e. The molecule has 1 atom stereocenters. The van der Waals surface area contributed by atoms with Crippen molar-refractivity contribution in [1.29, 1.82) is 0 Å². The molecule has 0 saturated carbocycles. The van der Waals surface area contributed by atoms with Gasteiger partial charge in [0.15, 0.2) is 0 Å². The maximum absolute atomic E-state index is 11.1. The van der Waals surface area contributed by atoms with E-state index >= 15 is 0 Å². The molecular weight excluding hydrogens is 200 g/mol. The van der Waals surface area contributed by atoms with E-state index in [2.05, 4.69) is 4.74 Å². The first-order valence-corrected chi connectivity index (χ1v) is 4.43. The van der Waals surface area contributed by atoms with Crippen LogP contribution in [-0.4, -0.2) is 42.4 Å². The van der Waals surface area contributed by atoms with E-state index in [0.29, 0.717) is 0 Å². The number of hydrogen-bond donors (Lipinski definition) is 1.